The lowest BCUT2D eigenvalue weighted by Gasteiger charge is -2.31. The molecule has 18 heteroatoms. The second-order valence-corrected chi connectivity index (χ2v) is 16.6. The van der Waals surface area contributed by atoms with E-state index in [0.717, 1.165) is 37.8 Å². The van der Waals surface area contributed by atoms with E-state index in [0.29, 0.717) is 12.5 Å². The Kier molecular flexibility index (Phi) is 16.5. The van der Waals surface area contributed by atoms with Gasteiger partial charge in [-0.15, -0.1) is 6.42 Å². The molecule has 0 unspecified atom stereocenters. The molecule has 2 aromatic heterocycles. The van der Waals surface area contributed by atoms with Gasteiger partial charge in [-0.1, -0.05) is 82.4 Å². The number of para-hydroxylation sites is 1. The molecule has 0 radical (unpaired) electrons. The summed E-state index contributed by atoms with van der Waals surface area (Å²) in [5, 5.41) is 2.60. The van der Waals surface area contributed by atoms with Crippen molar-refractivity contribution in [2.24, 2.45) is 0 Å². The SMILES string of the molecule is C#C[C@]1(CO[P@@](=O)(N[C@@H](Cc2cc(F)cc(F)c2)C(=O)OC(C)C)Oc2ccccc2)O[C@@H](n2cnc3c(N)nc(F)nc32)C[C@@H]1OC(=O)CCCCCCCCCCC. The smallest absolute Gasteiger partial charge is 0.459 e. The lowest BCUT2D eigenvalue weighted by atomic mass is 9.98. The van der Waals surface area contributed by atoms with Gasteiger partial charge in [0, 0.05) is 18.9 Å². The lowest BCUT2D eigenvalue weighted by Crippen LogP contribution is -2.46. The Balaban J connectivity index is 1.42. The summed E-state index contributed by atoms with van der Waals surface area (Å²) >= 11 is 0. The van der Waals surface area contributed by atoms with E-state index >= 15 is 0 Å². The number of nitrogens with one attached hydrogen (secondary N) is 1. The zero-order chi connectivity index (χ0) is 43.3. The molecule has 5 atom stereocenters. The van der Waals surface area contributed by atoms with Crippen molar-refractivity contribution in [2.45, 2.75) is 128 Å². The Morgan fingerprint density at radius 3 is 2.35 bits per heavy atom. The van der Waals surface area contributed by atoms with Crippen molar-refractivity contribution in [3.8, 4) is 18.1 Å². The number of hydrogen-bond acceptors (Lipinski definition) is 12. The number of esters is 2. The number of carbonyl (C=O) groups excluding carboxylic acids is 2. The number of anilines is 1. The number of unbranched alkanes of at least 4 members (excludes halogenated alkanes) is 8. The summed E-state index contributed by atoms with van der Waals surface area (Å²) < 4.78 is 88.8. The van der Waals surface area contributed by atoms with Crippen molar-refractivity contribution in [1.82, 2.24) is 24.6 Å². The fraction of sp³-hybridized carbons (Fsp3) is 0.500. The van der Waals surface area contributed by atoms with Crippen molar-refractivity contribution >= 4 is 36.7 Å². The summed E-state index contributed by atoms with van der Waals surface area (Å²) in [6.45, 7) is 4.60. The molecule has 1 aliphatic rings. The van der Waals surface area contributed by atoms with E-state index in [1.807, 2.05) is 0 Å². The molecule has 1 fully saturated rings. The molecule has 3 N–H and O–H groups in total. The molecule has 60 heavy (non-hydrogen) atoms. The van der Waals surface area contributed by atoms with Gasteiger partial charge in [0.25, 0.3) is 0 Å². The van der Waals surface area contributed by atoms with Crippen molar-refractivity contribution in [2.75, 3.05) is 12.3 Å². The van der Waals surface area contributed by atoms with Crippen LogP contribution in [0.1, 0.15) is 103 Å². The number of imidazole rings is 1. The first-order chi connectivity index (χ1) is 28.7. The molecular weight excluding hydrogens is 804 g/mol. The topological polar surface area (TPSA) is 179 Å². The molecule has 0 spiro atoms. The van der Waals surface area contributed by atoms with E-state index in [4.69, 9.17) is 35.4 Å². The number of hydrogen-bond donors (Lipinski definition) is 2. The van der Waals surface area contributed by atoms with Gasteiger partial charge < -0.3 is 24.5 Å². The molecule has 324 valence electrons. The van der Waals surface area contributed by atoms with E-state index < -0.39 is 80.5 Å². The fourth-order valence-corrected chi connectivity index (χ4v) is 8.33. The predicted molar refractivity (Wildman–Crippen MR) is 217 cm³/mol. The highest BCUT2D eigenvalue weighted by atomic mass is 31.2. The van der Waals surface area contributed by atoms with E-state index in [1.165, 1.54) is 48.7 Å². The van der Waals surface area contributed by atoms with Crippen LogP contribution in [0.25, 0.3) is 11.2 Å². The molecule has 2 aromatic carbocycles. The summed E-state index contributed by atoms with van der Waals surface area (Å²) in [6.07, 6.45) is 12.3. The van der Waals surface area contributed by atoms with E-state index in [-0.39, 0.29) is 41.1 Å². The summed E-state index contributed by atoms with van der Waals surface area (Å²) in [4.78, 5) is 38.4. The molecule has 5 rings (SSSR count). The third-order valence-electron chi connectivity index (χ3n) is 9.75. The number of nitrogen functional groups attached to an aromatic ring is 1. The molecule has 1 aliphatic heterocycles. The molecule has 0 amide bonds. The number of halogens is 3. The maximum Gasteiger partial charge on any atom is 0.459 e. The molecule has 0 aliphatic carbocycles. The van der Waals surface area contributed by atoms with Crippen molar-refractivity contribution < 1.29 is 50.6 Å². The van der Waals surface area contributed by atoms with Gasteiger partial charge in [0.1, 0.15) is 42.4 Å². The predicted octanol–water partition coefficient (Wildman–Crippen LogP) is 8.31. The van der Waals surface area contributed by atoms with E-state index in [9.17, 15) is 27.3 Å². The third kappa shape index (κ3) is 12.7. The highest BCUT2D eigenvalue weighted by Crippen LogP contribution is 2.49. The highest BCUT2D eigenvalue weighted by molar-refractivity contribution is 7.52. The van der Waals surface area contributed by atoms with Crippen LogP contribution >= 0.6 is 7.75 Å². The maximum absolute atomic E-state index is 14.9. The molecular formula is C42H52F3N6O8P. The van der Waals surface area contributed by atoms with Crippen LogP contribution in [0.2, 0.25) is 0 Å². The summed E-state index contributed by atoms with van der Waals surface area (Å²) in [6, 6.07) is 9.01. The zero-order valence-corrected chi connectivity index (χ0v) is 34.9. The quantitative estimate of drug-likeness (QED) is 0.0239. The number of aromatic nitrogens is 4. The van der Waals surface area contributed by atoms with Gasteiger partial charge in [0.15, 0.2) is 22.6 Å². The normalized spacial score (nSPS) is 19.2. The summed E-state index contributed by atoms with van der Waals surface area (Å²) in [5.74, 6) is -0.940. The number of fused-ring (bicyclic) bond motifs is 1. The van der Waals surface area contributed by atoms with Gasteiger partial charge in [0.2, 0.25) is 0 Å². The second kappa shape index (κ2) is 21.5. The third-order valence-corrected chi connectivity index (χ3v) is 11.3. The first-order valence-electron chi connectivity index (χ1n) is 20.2. The Morgan fingerprint density at radius 2 is 1.70 bits per heavy atom. The molecule has 0 bridgehead atoms. The molecule has 3 heterocycles. The van der Waals surface area contributed by atoms with E-state index in [2.05, 4.69) is 32.9 Å². The minimum Gasteiger partial charge on any atom is -0.462 e. The van der Waals surface area contributed by atoms with Gasteiger partial charge in [-0.25, -0.2) is 18.3 Å². The van der Waals surface area contributed by atoms with Crippen LogP contribution in [-0.2, 0) is 39.3 Å². The van der Waals surface area contributed by atoms with Gasteiger partial charge in [0.05, 0.1) is 12.4 Å². The number of carbonyl (C=O) groups is 2. The molecule has 14 nitrogen and oxygen atoms in total. The van der Waals surface area contributed by atoms with Crippen LogP contribution in [0.3, 0.4) is 0 Å². The van der Waals surface area contributed by atoms with Crippen LogP contribution in [0, 0.1) is 30.1 Å². The van der Waals surface area contributed by atoms with Gasteiger partial charge in [-0.3, -0.25) is 18.7 Å². The lowest BCUT2D eigenvalue weighted by molar-refractivity contribution is -0.158. The van der Waals surface area contributed by atoms with Crippen molar-refractivity contribution in [3.05, 3.63) is 78.1 Å². The Labute approximate surface area is 347 Å². The van der Waals surface area contributed by atoms with Crippen molar-refractivity contribution in [1.29, 1.82) is 0 Å². The Morgan fingerprint density at radius 1 is 1.03 bits per heavy atom. The Hall–Kier alpha value is -5.01. The Bertz CT molecular complexity index is 2130. The molecule has 4 aromatic rings. The monoisotopic (exact) mass is 856 g/mol. The van der Waals surface area contributed by atoms with Gasteiger partial charge >= 0.3 is 25.8 Å². The number of nitrogens with two attached hydrogens (primary N) is 1. The molecule has 1 saturated heterocycles. The average Bonchev–Trinajstić information content (AvgIpc) is 3.77. The van der Waals surface area contributed by atoms with Crippen molar-refractivity contribution in [3.63, 3.8) is 0 Å². The fourth-order valence-electron chi connectivity index (χ4n) is 6.81. The number of terminal acetylenes is 1. The number of rotatable bonds is 23. The number of nitrogens with zero attached hydrogens (tertiary/aromatic N) is 4. The number of ether oxygens (including phenoxy) is 3. The minimum atomic E-state index is -4.75. The van der Waals surface area contributed by atoms with Crippen LogP contribution in [0.4, 0.5) is 19.0 Å². The van der Waals surface area contributed by atoms with Crippen LogP contribution < -0.4 is 15.3 Å². The zero-order valence-electron chi connectivity index (χ0n) is 34.0. The highest BCUT2D eigenvalue weighted by Gasteiger charge is 2.53. The van der Waals surface area contributed by atoms with E-state index in [1.54, 1.807) is 32.0 Å². The summed E-state index contributed by atoms with van der Waals surface area (Å²) in [7, 11) is -4.75. The van der Waals surface area contributed by atoms with Crippen LogP contribution in [0.15, 0.2) is 54.9 Å². The first-order valence-corrected chi connectivity index (χ1v) is 21.7. The maximum atomic E-state index is 14.9. The van der Waals surface area contributed by atoms with Crippen LogP contribution in [0.5, 0.6) is 5.75 Å². The minimum absolute atomic E-state index is 0.0291. The average molecular weight is 857 g/mol. The largest absolute Gasteiger partial charge is 0.462 e. The summed E-state index contributed by atoms with van der Waals surface area (Å²) in [5.41, 5.74) is 4.02. The number of benzene rings is 2. The molecule has 0 saturated carbocycles. The first kappa shape index (κ1) is 46.1. The van der Waals surface area contributed by atoms with Crippen LogP contribution in [-0.4, -0.2) is 61.9 Å². The van der Waals surface area contributed by atoms with Gasteiger partial charge in [-0.05, 0) is 56.5 Å². The van der Waals surface area contributed by atoms with Gasteiger partial charge in [-0.2, -0.15) is 19.4 Å². The second-order valence-electron chi connectivity index (χ2n) is 14.9. The standard InChI is InChI=1S/C42H52F3N6O8P/c1-5-7-8-9-10-11-12-13-17-20-36(52)57-34-25-35(51-27-47-37-38(46)48-41(45)49-39(37)51)58-42(34,6-2)26-55-60(54,59-32-18-15-14-16-19-32)50-33(40(53)56-28(3)4)23-29-21-30(43)24-31(44)22-29/h2,14-16,18-19,21-22,24,27-28,33-35H,5,7-13,17,20,23,25-26H2,1,3-4H3,(H,50,54)(H2,46,48,49)/t33-,34-,35+,42+,60-/m0/s1.